The number of carboxylic acids is 2. The van der Waals surface area contributed by atoms with Crippen molar-refractivity contribution < 1.29 is 22.7 Å². The summed E-state index contributed by atoms with van der Waals surface area (Å²) in [4.78, 5) is 22.1. The van der Waals surface area contributed by atoms with Crippen molar-refractivity contribution in [1.29, 1.82) is 0 Å². The molecular weight excluding hydrogens is 260 g/mol. The Labute approximate surface area is 142 Å². The van der Waals surface area contributed by atoms with E-state index in [2.05, 4.69) is 6.92 Å². The largest absolute Gasteiger partial charge is 2.00 e. The summed E-state index contributed by atoms with van der Waals surface area (Å²) in [6.45, 7) is 5.14. The van der Waals surface area contributed by atoms with Crippen molar-refractivity contribution in [2.75, 3.05) is 0 Å². The number of rotatable bonds is 9. The predicted molar refractivity (Wildman–Crippen MR) is 73.9 cm³/mol. The summed E-state index contributed by atoms with van der Waals surface area (Å²) >= 11 is 0. The third-order valence-electron chi connectivity index (χ3n) is 3.61. The molecule has 0 heterocycles. The molecule has 0 bridgehead atoms. The van der Waals surface area contributed by atoms with Crippen molar-refractivity contribution >= 4 is 49.7 Å². The number of hydrogen-bond acceptors (Lipinski definition) is 2. The maximum absolute atomic E-state index is 11.1. The van der Waals surface area contributed by atoms with Gasteiger partial charge in [-0.05, 0) is 19.3 Å². The maximum Gasteiger partial charge on any atom is 2.00 e. The van der Waals surface area contributed by atoms with E-state index >= 15 is 0 Å². The molecule has 104 valence electrons. The fourth-order valence-electron chi connectivity index (χ4n) is 1.86. The second-order valence-corrected chi connectivity index (χ2v) is 4.92. The van der Waals surface area contributed by atoms with Gasteiger partial charge in [0.25, 0.3) is 0 Å². The molecule has 0 aromatic heterocycles. The fraction of sp³-hybridized carbons (Fsp3) is 0.846. The van der Waals surface area contributed by atoms with Crippen molar-refractivity contribution in [1.82, 2.24) is 0 Å². The molecule has 0 radical (unpaired) electrons. The Morgan fingerprint density at radius 3 is 1.94 bits per heavy atom. The predicted octanol–water partition coefficient (Wildman–Crippen LogP) is 3.00. The van der Waals surface area contributed by atoms with Gasteiger partial charge in [-0.1, -0.05) is 46.0 Å². The van der Waals surface area contributed by atoms with Crippen LogP contribution < -0.4 is 0 Å². The Bertz CT molecular complexity index is 261. The van der Waals surface area contributed by atoms with E-state index in [4.69, 9.17) is 10.2 Å². The van der Waals surface area contributed by atoms with Gasteiger partial charge >= 0.3 is 49.7 Å². The molecule has 1 unspecified atom stereocenters. The number of unbranched alkanes of at least 4 members (excludes halogenated alkanes) is 4. The van der Waals surface area contributed by atoms with Crippen LogP contribution in [0.4, 0.5) is 0 Å². The van der Waals surface area contributed by atoms with Crippen LogP contribution in [0.25, 0.3) is 0 Å². The first-order valence-corrected chi connectivity index (χ1v) is 6.34. The van der Waals surface area contributed by atoms with Gasteiger partial charge in [0.15, 0.2) is 5.41 Å². The fourth-order valence-corrected chi connectivity index (χ4v) is 1.86. The van der Waals surface area contributed by atoms with E-state index in [1.165, 1.54) is 13.3 Å². The van der Waals surface area contributed by atoms with Crippen LogP contribution in [-0.2, 0) is 9.59 Å². The topological polar surface area (TPSA) is 74.6 Å². The number of aliphatic carboxylic acids is 2. The van der Waals surface area contributed by atoms with E-state index in [1.807, 2.05) is 0 Å². The Balaban J connectivity index is -0.000000427. The minimum Gasteiger partial charge on any atom is -1.00 e. The smallest absolute Gasteiger partial charge is 1.00 e. The van der Waals surface area contributed by atoms with Crippen LogP contribution in [0.1, 0.15) is 62.1 Å². The first-order valence-electron chi connectivity index (χ1n) is 6.34. The molecule has 0 saturated carbocycles. The Morgan fingerprint density at radius 2 is 1.56 bits per heavy atom. The minimum absolute atomic E-state index is 0. The van der Waals surface area contributed by atoms with Gasteiger partial charge in [0.05, 0.1) is 0 Å². The summed E-state index contributed by atoms with van der Waals surface area (Å²) in [5.41, 5.74) is -1.66. The van der Waals surface area contributed by atoms with Gasteiger partial charge < -0.3 is 13.1 Å². The molecule has 0 amide bonds. The SMILES string of the molecule is CCCCCCCC(C)C(C)(C(=O)O)C(=O)O.[Ca+2].[H-].[H-]. The molecule has 5 heteroatoms. The van der Waals surface area contributed by atoms with Crippen LogP contribution in [0.2, 0.25) is 0 Å². The molecule has 0 aromatic rings. The maximum atomic E-state index is 11.1. The van der Waals surface area contributed by atoms with Crippen LogP contribution in [0.5, 0.6) is 0 Å². The van der Waals surface area contributed by atoms with E-state index in [9.17, 15) is 9.59 Å². The summed E-state index contributed by atoms with van der Waals surface area (Å²) < 4.78 is 0. The Morgan fingerprint density at radius 1 is 1.11 bits per heavy atom. The van der Waals surface area contributed by atoms with Crippen molar-refractivity contribution in [2.24, 2.45) is 11.3 Å². The van der Waals surface area contributed by atoms with Crippen molar-refractivity contribution in [3.63, 3.8) is 0 Å². The van der Waals surface area contributed by atoms with Crippen LogP contribution >= 0.6 is 0 Å². The number of hydrogen-bond donors (Lipinski definition) is 2. The summed E-state index contributed by atoms with van der Waals surface area (Å²) in [5.74, 6) is -2.84. The number of carbonyl (C=O) groups is 2. The summed E-state index contributed by atoms with van der Waals surface area (Å²) in [7, 11) is 0. The summed E-state index contributed by atoms with van der Waals surface area (Å²) in [5, 5.41) is 18.1. The monoisotopic (exact) mass is 286 g/mol. The average Bonchev–Trinajstić information content (AvgIpc) is 2.26. The Kier molecular flexibility index (Phi) is 11.4. The van der Waals surface area contributed by atoms with Gasteiger partial charge in [0.1, 0.15) is 0 Å². The molecule has 0 saturated heterocycles. The van der Waals surface area contributed by atoms with Gasteiger partial charge in [-0.3, -0.25) is 9.59 Å². The molecule has 0 aliphatic heterocycles. The zero-order chi connectivity index (χ0) is 13.5. The van der Waals surface area contributed by atoms with Crippen molar-refractivity contribution in [3.8, 4) is 0 Å². The van der Waals surface area contributed by atoms with E-state index in [-0.39, 0.29) is 46.5 Å². The molecule has 0 aliphatic rings. The quantitative estimate of drug-likeness (QED) is 0.388. The third-order valence-corrected chi connectivity index (χ3v) is 3.61. The van der Waals surface area contributed by atoms with Gasteiger partial charge in [-0.15, -0.1) is 0 Å². The zero-order valence-corrected chi connectivity index (χ0v) is 13.9. The minimum atomic E-state index is -1.66. The standard InChI is InChI=1S/C13H24O4.Ca.2H/c1-4-5-6-7-8-9-10(2)13(3,11(14)15)12(16)17;;;/h10H,4-9H2,1-3H3,(H,14,15)(H,16,17);;;/q;+2;2*-1. The molecule has 2 N–H and O–H groups in total. The molecule has 1 atom stereocenters. The number of carboxylic acid groups (broad SMARTS) is 2. The van der Waals surface area contributed by atoms with Crippen LogP contribution in [0, 0.1) is 11.3 Å². The van der Waals surface area contributed by atoms with Crippen molar-refractivity contribution in [2.45, 2.75) is 59.3 Å². The second kappa shape index (κ2) is 10.0. The van der Waals surface area contributed by atoms with Gasteiger partial charge in [0.2, 0.25) is 0 Å². The van der Waals surface area contributed by atoms with Gasteiger partial charge in [-0.25, -0.2) is 0 Å². The summed E-state index contributed by atoms with van der Waals surface area (Å²) in [6, 6.07) is 0. The molecule has 0 rings (SSSR count). The van der Waals surface area contributed by atoms with E-state index in [1.54, 1.807) is 6.92 Å². The summed E-state index contributed by atoms with van der Waals surface area (Å²) in [6.07, 6.45) is 6.09. The molecule has 18 heavy (non-hydrogen) atoms. The van der Waals surface area contributed by atoms with E-state index in [0.717, 1.165) is 25.7 Å². The van der Waals surface area contributed by atoms with Gasteiger partial charge in [-0.2, -0.15) is 0 Å². The van der Waals surface area contributed by atoms with E-state index < -0.39 is 17.4 Å². The zero-order valence-electron chi connectivity index (χ0n) is 13.7. The second-order valence-electron chi connectivity index (χ2n) is 4.92. The first-order chi connectivity index (χ1) is 7.87. The first kappa shape index (κ1) is 20.5. The molecule has 0 aromatic carbocycles. The molecule has 0 fully saturated rings. The molecule has 4 nitrogen and oxygen atoms in total. The average molecular weight is 286 g/mol. The van der Waals surface area contributed by atoms with Crippen LogP contribution in [0.3, 0.4) is 0 Å². The van der Waals surface area contributed by atoms with Crippen LogP contribution in [-0.4, -0.2) is 59.9 Å². The normalized spacial score (nSPS) is 12.6. The third kappa shape index (κ3) is 5.89. The Hall–Kier alpha value is 0.200. The molecule has 0 spiro atoms. The van der Waals surface area contributed by atoms with Gasteiger partial charge in [0, 0.05) is 0 Å². The molecular formula is C13H26CaO4. The molecule has 0 aliphatic carbocycles. The van der Waals surface area contributed by atoms with E-state index in [0.29, 0.717) is 6.42 Å². The van der Waals surface area contributed by atoms with Crippen molar-refractivity contribution in [3.05, 3.63) is 0 Å². The van der Waals surface area contributed by atoms with Crippen LogP contribution in [0.15, 0.2) is 0 Å².